The van der Waals surface area contributed by atoms with Gasteiger partial charge in [0.25, 0.3) is 5.91 Å². The lowest BCUT2D eigenvalue weighted by Gasteiger charge is -2.09. The fraction of sp³-hybridized carbons (Fsp3) is 0.0526. The van der Waals surface area contributed by atoms with Crippen LogP contribution < -0.4 is 15.4 Å². The van der Waals surface area contributed by atoms with Gasteiger partial charge < -0.3 is 15.4 Å². The zero-order valence-corrected chi connectivity index (χ0v) is 13.8. The molecule has 7 nitrogen and oxygen atoms in total. The number of hydrogen-bond donors (Lipinski definition) is 2. The first-order chi connectivity index (χ1) is 12.7. The number of aromatic nitrogens is 2. The van der Waals surface area contributed by atoms with Gasteiger partial charge in [-0.2, -0.15) is 0 Å². The van der Waals surface area contributed by atoms with E-state index in [2.05, 4.69) is 20.6 Å². The summed E-state index contributed by atoms with van der Waals surface area (Å²) in [5.74, 6) is 0.430. The van der Waals surface area contributed by atoms with Crippen molar-refractivity contribution in [3.63, 3.8) is 0 Å². The molecule has 0 spiro atoms. The van der Waals surface area contributed by atoms with E-state index in [1.54, 1.807) is 67.1 Å². The minimum atomic E-state index is -0.369. The van der Waals surface area contributed by atoms with Gasteiger partial charge in [0.1, 0.15) is 11.5 Å². The second-order valence-electron chi connectivity index (χ2n) is 5.29. The molecule has 0 aliphatic heterocycles. The smallest absolute Gasteiger partial charge is 0.251 e. The summed E-state index contributed by atoms with van der Waals surface area (Å²) in [6.07, 6.45) is 6.37. The van der Waals surface area contributed by atoms with Crippen molar-refractivity contribution in [3.8, 4) is 11.5 Å². The first kappa shape index (κ1) is 17.1. The highest BCUT2D eigenvalue weighted by molar-refractivity contribution is 5.99. The first-order valence-corrected chi connectivity index (χ1v) is 7.87. The van der Waals surface area contributed by atoms with Gasteiger partial charge in [0.15, 0.2) is 0 Å². The molecule has 2 heterocycles. The third kappa shape index (κ3) is 4.88. The molecule has 2 aromatic heterocycles. The Morgan fingerprint density at radius 3 is 2.54 bits per heavy atom. The lowest BCUT2D eigenvalue weighted by atomic mass is 10.2. The number of hydrogen-bond acceptors (Lipinski definition) is 5. The van der Waals surface area contributed by atoms with E-state index in [1.165, 1.54) is 6.20 Å². The van der Waals surface area contributed by atoms with E-state index in [0.29, 0.717) is 22.7 Å². The Morgan fingerprint density at radius 2 is 1.77 bits per heavy atom. The zero-order valence-electron chi connectivity index (χ0n) is 13.8. The van der Waals surface area contributed by atoms with Crippen LogP contribution in [0.3, 0.4) is 0 Å². The molecule has 0 aliphatic rings. The topological polar surface area (TPSA) is 93.2 Å². The van der Waals surface area contributed by atoms with E-state index < -0.39 is 0 Å². The maximum absolute atomic E-state index is 12.2. The number of benzene rings is 1. The van der Waals surface area contributed by atoms with Crippen LogP contribution in [0, 0.1) is 0 Å². The van der Waals surface area contributed by atoms with Crippen molar-refractivity contribution in [2.75, 3.05) is 11.9 Å². The van der Waals surface area contributed by atoms with Crippen molar-refractivity contribution in [1.29, 1.82) is 0 Å². The van der Waals surface area contributed by atoms with Gasteiger partial charge in [-0.3, -0.25) is 19.6 Å². The molecule has 0 unspecified atom stereocenters. The van der Waals surface area contributed by atoms with Crippen molar-refractivity contribution in [2.24, 2.45) is 0 Å². The molecule has 130 valence electrons. The molecule has 2 amide bonds. The molecular weight excluding hydrogens is 332 g/mol. The molecule has 3 aromatic rings. The number of carbonyl (C=O) groups is 2. The van der Waals surface area contributed by atoms with Crippen LogP contribution in [0.15, 0.2) is 73.3 Å². The SMILES string of the molecule is O=C(CNC(=O)c1cccc(Oc2ccncc2)c1)Nc1cccnc1. The minimum absolute atomic E-state index is 0.150. The summed E-state index contributed by atoms with van der Waals surface area (Å²) in [6.45, 7) is -0.150. The number of rotatable bonds is 6. The van der Waals surface area contributed by atoms with Crippen LogP contribution in [0.4, 0.5) is 5.69 Å². The number of pyridine rings is 2. The van der Waals surface area contributed by atoms with Gasteiger partial charge in [0.05, 0.1) is 18.4 Å². The highest BCUT2D eigenvalue weighted by atomic mass is 16.5. The van der Waals surface area contributed by atoms with Gasteiger partial charge >= 0.3 is 0 Å². The van der Waals surface area contributed by atoms with Gasteiger partial charge in [-0.15, -0.1) is 0 Å². The molecule has 26 heavy (non-hydrogen) atoms. The van der Waals surface area contributed by atoms with E-state index in [9.17, 15) is 9.59 Å². The number of anilines is 1. The Labute approximate surface area is 150 Å². The normalized spacial score (nSPS) is 10.0. The van der Waals surface area contributed by atoms with Gasteiger partial charge in [-0.1, -0.05) is 6.07 Å². The summed E-state index contributed by atoms with van der Waals surface area (Å²) < 4.78 is 5.67. The zero-order chi connectivity index (χ0) is 18.2. The van der Waals surface area contributed by atoms with E-state index in [1.807, 2.05) is 0 Å². The molecule has 0 aliphatic carbocycles. The van der Waals surface area contributed by atoms with Gasteiger partial charge in [0, 0.05) is 24.2 Å². The van der Waals surface area contributed by atoms with Crippen LogP contribution in [-0.2, 0) is 4.79 Å². The van der Waals surface area contributed by atoms with Crippen molar-refractivity contribution in [3.05, 3.63) is 78.9 Å². The summed E-state index contributed by atoms with van der Waals surface area (Å²) in [5.41, 5.74) is 0.963. The summed E-state index contributed by atoms with van der Waals surface area (Å²) in [5, 5.41) is 5.22. The molecule has 0 fully saturated rings. The molecule has 0 saturated heterocycles. The molecule has 3 rings (SSSR count). The average molecular weight is 348 g/mol. The monoisotopic (exact) mass is 348 g/mol. The Bertz CT molecular complexity index is 886. The van der Waals surface area contributed by atoms with Crippen LogP contribution in [0.5, 0.6) is 11.5 Å². The minimum Gasteiger partial charge on any atom is -0.457 e. The highest BCUT2D eigenvalue weighted by Crippen LogP contribution is 2.21. The van der Waals surface area contributed by atoms with Gasteiger partial charge in [-0.05, 0) is 42.5 Å². The van der Waals surface area contributed by atoms with Gasteiger partial charge in [0.2, 0.25) is 5.91 Å². The molecule has 0 bridgehead atoms. The third-order valence-corrected chi connectivity index (χ3v) is 3.34. The molecular formula is C19H16N4O3. The largest absolute Gasteiger partial charge is 0.457 e. The van der Waals surface area contributed by atoms with Crippen LogP contribution in [0.2, 0.25) is 0 Å². The summed E-state index contributed by atoms with van der Waals surface area (Å²) in [7, 11) is 0. The van der Waals surface area contributed by atoms with Crippen LogP contribution in [0.1, 0.15) is 10.4 Å². The van der Waals surface area contributed by atoms with Crippen LogP contribution >= 0.6 is 0 Å². The Hall–Kier alpha value is -3.74. The molecule has 2 N–H and O–H groups in total. The molecule has 0 atom stereocenters. The highest BCUT2D eigenvalue weighted by Gasteiger charge is 2.09. The standard InChI is InChI=1S/C19H16N4O3/c24-18(23-15-4-2-8-21-12-15)13-22-19(25)14-3-1-5-17(11-14)26-16-6-9-20-10-7-16/h1-12H,13H2,(H,22,25)(H,23,24). The molecule has 1 aromatic carbocycles. The molecule has 0 radical (unpaired) electrons. The maximum atomic E-state index is 12.2. The average Bonchev–Trinajstić information content (AvgIpc) is 2.68. The third-order valence-electron chi connectivity index (χ3n) is 3.34. The van der Waals surface area contributed by atoms with Crippen molar-refractivity contribution < 1.29 is 14.3 Å². The van der Waals surface area contributed by atoms with Crippen molar-refractivity contribution in [2.45, 2.75) is 0 Å². The van der Waals surface area contributed by atoms with Crippen molar-refractivity contribution in [1.82, 2.24) is 15.3 Å². The number of amides is 2. The number of nitrogens with zero attached hydrogens (tertiary/aromatic N) is 2. The maximum Gasteiger partial charge on any atom is 0.251 e. The Kier molecular flexibility index (Phi) is 5.51. The number of carbonyl (C=O) groups excluding carboxylic acids is 2. The molecule has 0 saturated carbocycles. The lowest BCUT2D eigenvalue weighted by molar-refractivity contribution is -0.115. The summed E-state index contributed by atoms with van der Waals surface area (Å²) in [4.78, 5) is 31.9. The first-order valence-electron chi connectivity index (χ1n) is 7.87. The summed E-state index contributed by atoms with van der Waals surface area (Å²) in [6, 6.07) is 13.6. The number of nitrogens with one attached hydrogen (secondary N) is 2. The van der Waals surface area contributed by atoms with Crippen LogP contribution in [-0.4, -0.2) is 28.3 Å². The fourth-order valence-corrected chi connectivity index (χ4v) is 2.15. The van der Waals surface area contributed by atoms with E-state index in [4.69, 9.17) is 4.74 Å². The van der Waals surface area contributed by atoms with E-state index in [0.717, 1.165) is 0 Å². The van der Waals surface area contributed by atoms with Gasteiger partial charge in [-0.25, -0.2) is 0 Å². The van der Waals surface area contributed by atoms with E-state index >= 15 is 0 Å². The molecule has 7 heteroatoms. The van der Waals surface area contributed by atoms with Crippen LogP contribution in [0.25, 0.3) is 0 Å². The predicted molar refractivity (Wildman–Crippen MR) is 96.0 cm³/mol. The van der Waals surface area contributed by atoms with Crippen molar-refractivity contribution >= 4 is 17.5 Å². The van der Waals surface area contributed by atoms with E-state index in [-0.39, 0.29) is 18.4 Å². The predicted octanol–water partition coefficient (Wildman–Crippen LogP) is 2.64. The quantitative estimate of drug-likeness (QED) is 0.714. The second kappa shape index (κ2) is 8.39. The summed E-state index contributed by atoms with van der Waals surface area (Å²) >= 11 is 0. The Morgan fingerprint density at radius 1 is 0.923 bits per heavy atom. The number of ether oxygens (including phenoxy) is 1. The Balaban J connectivity index is 1.56. The second-order valence-corrected chi connectivity index (χ2v) is 5.29. The lowest BCUT2D eigenvalue weighted by Crippen LogP contribution is -2.32. The fourth-order valence-electron chi connectivity index (χ4n) is 2.15.